The molecule has 0 aliphatic carbocycles. The summed E-state index contributed by atoms with van der Waals surface area (Å²) < 4.78 is 4.85. The Balaban J connectivity index is 2.22. The number of benzene rings is 1. The Bertz CT molecular complexity index is 546. The van der Waals surface area contributed by atoms with Gasteiger partial charge in [0.15, 0.2) is 5.69 Å². The highest BCUT2D eigenvalue weighted by Gasteiger charge is 2.23. The molecule has 0 unspecified atom stereocenters. The van der Waals surface area contributed by atoms with Crippen LogP contribution in [0.4, 0.5) is 0 Å². The number of carbonyl (C=O) groups excluding carboxylic acids is 1. The van der Waals surface area contributed by atoms with Gasteiger partial charge in [-0.1, -0.05) is 35.5 Å². The largest absolute Gasteiger partial charge is 0.364 e. The van der Waals surface area contributed by atoms with Crippen LogP contribution < -0.4 is 0 Å². The van der Waals surface area contributed by atoms with Gasteiger partial charge in [0.05, 0.1) is 0 Å². The number of amides is 1. The summed E-state index contributed by atoms with van der Waals surface area (Å²) in [6.07, 6.45) is 1.49. The third-order valence-corrected chi connectivity index (χ3v) is 3.03. The molecular formula is C15H18N2O2. The summed E-state index contributed by atoms with van der Waals surface area (Å²) in [5, 5.41) is 3.79. The van der Waals surface area contributed by atoms with Crippen molar-refractivity contribution < 1.29 is 9.32 Å². The summed E-state index contributed by atoms with van der Waals surface area (Å²) in [5.74, 6) is -0.0925. The van der Waals surface area contributed by atoms with Crippen LogP contribution in [0.15, 0.2) is 41.1 Å². The van der Waals surface area contributed by atoms with Gasteiger partial charge in [0.25, 0.3) is 5.91 Å². The summed E-state index contributed by atoms with van der Waals surface area (Å²) in [7, 11) is 0. The molecule has 0 aliphatic rings. The predicted molar refractivity (Wildman–Crippen MR) is 72.7 cm³/mol. The second-order valence-corrected chi connectivity index (χ2v) is 4.86. The molecule has 0 radical (unpaired) electrons. The average molecular weight is 258 g/mol. The molecule has 1 heterocycles. The zero-order valence-electron chi connectivity index (χ0n) is 11.5. The fraction of sp³-hybridized carbons (Fsp3) is 0.333. The van der Waals surface area contributed by atoms with Crippen molar-refractivity contribution in [2.75, 3.05) is 0 Å². The molecule has 0 fully saturated rings. The van der Waals surface area contributed by atoms with Crippen LogP contribution in [0.2, 0.25) is 0 Å². The molecule has 0 N–H and O–H groups in total. The van der Waals surface area contributed by atoms with E-state index in [0.29, 0.717) is 12.2 Å². The molecule has 4 heteroatoms. The molecule has 0 saturated heterocycles. The molecule has 0 atom stereocenters. The van der Waals surface area contributed by atoms with Crippen LogP contribution in [0.25, 0.3) is 0 Å². The SMILES string of the molecule is Cc1conc1C(=O)N(Cc1ccccc1)C(C)C. The maximum Gasteiger partial charge on any atom is 0.276 e. The Morgan fingerprint density at radius 1 is 1.32 bits per heavy atom. The summed E-state index contributed by atoms with van der Waals surface area (Å²) in [6, 6.07) is 10.0. The van der Waals surface area contributed by atoms with E-state index in [1.165, 1.54) is 6.26 Å². The average Bonchev–Trinajstić information content (AvgIpc) is 2.82. The van der Waals surface area contributed by atoms with Gasteiger partial charge in [-0.25, -0.2) is 0 Å². The van der Waals surface area contributed by atoms with E-state index in [1.54, 1.807) is 4.90 Å². The second kappa shape index (κ2) is 5.69. The van der Waals surface area contributed by atoms with Crippen molar-refractivity contribution in [3.05, 3.63) is 53.4 Å². The normalized spacial score (nSPS) is 10.7. The summed E-state index contributed by atoms with van der Waals surface area (Å²) >= 11 is 0. The van der Waals surface area contributed by atoms with Crippen molar-refractivity contribution in [1.29, 1.82) is 0 Å². The second-order valence-electron chi connectivity index (χ2n) is 4.86. The minimum atomic E-state index is -0.0925. The van der Waals surface area contributed by atoms with Gasteiger partial charge >= 0.3 is 0 Å². The van der Waals surface area contributed by atoms with Gasteiger partial charge in [-0.05, 0) is 26.3 Å². The van der Waals surface area contributed by atoms with Gasteiger partial charge in [0, 0.05) is 18.2 Å². The lowest BCUT2D eigenvalue weighted by Gasteiger charge is -2.26. The van der Waals surface area contributed by atoms with Crippen molar-refractivity contribution in [2.45, 2.75) is 33.4 Å². The van der Waals surface area contributed by atoms with Gasteiger partial charge in [-0.15, -0.1) is 0 Å². The molecule has 1 amide bonds. The molecule has 2 aromatic rings. The first-order chi connectivity index (χ1) is 9.09. The quantitative estimate of drug-likeness (QED) is 0.846. The number of rotatable bonds is 4. The first-order valence-corrected chi connectivity index (χ1v) is 6.35. The zero-order valence-corrected chi connectivity index (χ0v) is 11.5. The van der Waals surface area contributed by atoms with Crippen molar-refractivity contribution in [3.63, 3.8) is 0 Å². The lowest BCUT2D eigenvalue weighted by molar-refractivity contribution is 0.0679. The molecule has 0 spiro atoms. The fourth-order valence-corrected chi connectivity index (χ4v) is 1.90. The number of nitrogens with zero attached hydrogens (tertiary/aromatic N) is 2. The number of hydrogen-bond acceptors (Lipinski definition) is 3. The van der Waals surface area contributed by atoms with E-state index in [1.807, 2.05) is 51.1 Å². The van der Waals surface area contributed by atoms with Crippen molar-refractivity contribution in [1.82, 2.24) is 10.1 Å². The van der Waals surface area contributed by atoms with Crippen LogP contribution in [0.5, 0.6) is 0 Å². The van der Waals surface area contributed by atoms with E-state index in [4.69, 9.17) is 4.52 Å². The molecule has 1 aromatic heterocycles. The van der Waals surface area contributed by atoms with Crippen LogP contribution in [0.3, 0.4) is 0 Å². The minimum Gasteiger partial charge on any atom is -0.364 e. The summed E-state index contributed by atoms with van der Waals surface area (Å²) in [6.45, 7) is 6.39. The molecule has 0 aliphatic heterocycles. The van der Waals surface area contributed by atoms with Gasteiger partial charge in [-0.2, -0.15) is 0 Å². The van der Waals surface area contributed by atoms with E-state index in [-0.39, 0.29) is 11.9 Å². The van der Waals surface area contributed by atoms with Gasteiger partial charge in [-0.3, -0.25) is 4.79 Å². The van der Waals surface area contributed by atoms with Gasteiger partial charge in [0.1, 0.15) is 6.26 Å². The third-order valence-electron chi connectivity index (χ3n) is 3.03. The van der Waals surface area contributed by atoms with E-state index < -0.39 is 0 Å². The third kappa shape index (κ3) is 3.02. The maximum absolute atomic E-state index is 12.5. The topological polar surface area (TPSA) is 46.3 Å². The van der Waals surface area contributed by atoms with Crippen molar-refractivity contribution in [3.8, 4) is 0 Å². The van der Waals surface area contributed by atoms with Gasteiger partial charge in [0.2, 0.25) is 0 Å². The Morgan fingerprint density at radius 2 is 2.00 bits per heavy atom. The van der Waals surface area contributed by atoms with Crippen LogP contribution in [0.1, 0.15) is 35.5 Å². The van der Waals surface area contributed by atoms with E-state index in [0.717, 1.165) is 11.1 Å². The fourth-order valence-electron chi connectivity index (χ4n) is 1.90. The first kappa shape index (κ1) is 13.3. The first-order valence-electron chi connectivity index (χ1n) is 6.35. The van der Waals surface area contributed by atoms with Crippen molar-refractivity contribution in [2.24, 2.45) is 0 Å². The monoisotopic (exact) mass is 258 g/mol. The molecule has 19 heavy (non-hydrogen) atoms. The number of hydrogen-bond donors (Lipinski definition) is 0. The Hall–Kier alpha value is -2.10. The van der Waals surface area contributed by atoms with E-state index in [9.17, 15) is 4.79 Å². The molecule has 4 nitrogen and oxygen atoms in total. The molecule has 0 bridgehead atoms. The van der Waals surface area contributed by atoms with Crippen LogP contribution in [-0.4, -0.2) is 22.0 Å². The lowest BCUT2D eigenvalue weighted by Crippen LogP contribution is -2.36. The van der Waals surface area contributed by atoms with Crippen molar-refractivity contribution >= 4 is 5.91 Å². The minimum absolute atomic E-state index is 0.0925. The van der Waals surface area contributed by atoms with Crippen LogP contribution >= 0.6 is 0 Å². The Labute approximate surface area is 113 Å². The molecule has 2 rings (SSSR count). The Morgan fingerprint density at radius 3 is 2.53 bits per heavy atom. The summed E-state index contributed by atoms with van der Waals surface area (Å²) in [4.78, 5) is 14.3. The molecule has 0 saturated carbocycles. The number of aromatic nitrogens is 1. The highest BCUT2D eigenvalue weighted by molar-refractivity contribution is 5.93. The summed E-state index contributed by atoms with van der Waals surface area (Å²) in [5.41, 5.74) is 2.26. The van der Waals surface area contributed by atoms with E-state index in [2.05, 4.69) is 5.16 Å². The van der Waals surface area contributed by atoms with E-state index >= 15 is 0 Å². The van der Waals surface area contributed by atoms with Crippen LogP contribution in [-0.2, 0) is 6.54 Å². The standard InChI is InChI=1S/C15H18N2O2/c1-11(2)17(9-13-7-5-4-6-8-13)15(18)14-12(3)10-19-16-14/h4-8,10-11H,9H2,1-3H3. The molecular weight excluding hydrogens is 240 g/mol. The molecule has 100 valence electrons. The number of aryl methyl sites for hydroxylation is 1. The van der Waals surface area contributed by atoms with Gasteiger partial charge < -0.3 is 9.42 Å². The van der Waals surface area contributed by atoms with Crippen LogP contribution in [0, 0.1) is 6.92 Å². The maximum atomic E-state index is 12.5. The lowest BCUT2D eigenvalue weighted by atomic mass is 10.1. The smallest absolute Gasteiger partial charge is 0.276 e. The highest BCUT2D eigenvalue weighted by Crippen LogP contribution is 2.14. The predicted octanol–water partition coefficient (Wildman–Crippen LogP) is 3.03. The molecule has 1 aromatic carbocycles. The highest BCUT2D eigenvalue weighted by atomic mass is 16.5. The zero-order chi connectivity index (χ0) is 13.8. The Kier molecular flexibility index (Phi) is 4.00. The number of carbonyl (C=O) groups is 1.